The summed E-state index contributed by atoms with van der Waals surface area (Å²) in [4.78, 5) is 4.32. The Labute approximate surface area is 117 Å². The largest absolute Gasteiger partial charge is 0.304 e. The van der Waals surface area contributed by atoms with Crippen LogP contribution in [-0.2, 0) is 6.54 Å². The number of rotatable bonds is 5. The van der Waals surface area contributed by atoms with E-state index in [1.54, 1.807) is 0 Å². The molecule has 0 aliphatic heterocycles. The Morgan fingerprint density at radius 2 is 2.11 bits per heavy atom. The van der Waals surface area contributed by atoms with E-state index in [0.717, 1.165) is 23.1 Å². The molecular weight excluding hydrogens is 288 g/mol. The molecule has 0 spiro atoms. The maximum absolute atomic E-state index is 4.32. The van der Waals surface area contributed by atoms with Gasteiger partial charge in [-0.1, -0.05) is 41.1 Å². The zero-order valence-corrected chi connectivity index (χ0v) is 12.0. The number of nitrogens with zero attached hydrogens (tertiary/aromatic N) is 1. The second kappa shape index (κ2) is 6.66. The molecule has 94 valence electrons. The lowest BCUT2D eigenvalue weighted by Gasteiger charge is -2.17. The SMILES string of the molecule is CCC(NCc1ccccn1)c1cccc(Br)c1. The van der Waals surface area contributed by atoms with E-state index in [1.807, 2.05) is 24.4 Å². The normalized spacial score (nSPS) is 12.3. The molecule has 1 aromatic heterocycles. The molecule has 0 fully saturated rings. The van der Waals surface area contributed by atoms with Gasteiger partial charge in [-0.3, -0.25) is 4.98 Å². The summed E-state index contributed by atoms with van der Waals surface area (Å²) in [6.45, 7) is 2.99. The fraction of sp³-hybridized carbons (Fsp3) is 0.267. The van der Waals surface area contributed by atoms with Crippen LogP contribution < -0.4 is 5.32 Å². The van der Waals surface area contributed by atoms with Crippen LogP contribution >= 0.6 is 15.9 Å². The van der Waals surface area contributed by atoms with E-state index in [-0.39, 0.29) is 0 Å². The van der Waals surface area contributed by atoms with Crippen LogP contribution in [0.3, 0.4) is 0 Å². The molecular formula is C15H17BrN2. The average Bonchev–Trinajstić information content (AvgIpc) is 2.41. The van der Waals surface area contributed by atoms with E-state index < -0.39 is 0 Å². The molecule has 0 radical (unpaired) electrons. The van der Waals surface area contributed by atoms with Gasteiger partial charge in [-0.25, -0.2) is 0 Å². The fourth-order valence-corrected chi connectivity index (χ4v) is 2.37. The lowest BCUT2D eigenvalue weighted by atomic mass is 10.0. The van der Waals surface area contributed by atoms with Crippen molar-refractivity contribution in [2.75, 3.05) is 0 Å². The van der Waals surface area contributed by atoms with Crippen molar-refractivity contribution in [3.8, 4) is 0 Å². The Balaban J connectivity index is 2.02. The van der Waals surface area contributed by atoms with E-state index in [0.29, 0.717) is 6.04 Å². The first-order valence-corrected chi connectivity index (χ1v) is 6.97. The zero-order chi connectivity index (χ0) is 12.8. The first-order valence-electron chi connectivity index (χ1n) is 6.18. The standard InChI is InChI=1S/C15H17BrN2/c1-2-15(12-6-5-7-13(16)10-12)18-11-14-8-3-4-9-17-14/h3-10,15,18H,2,11H2,1H3. The van der Waals surface area contributed by atoms with Crippen molar-refractivity contribution in [2.45, 2.75) is 25.9 Å². The third-order valence-corrected chi connectivity index (χ3v) is 3.41. The topological polar surface area (TPSA) is 24.9 Å². The second-order valence-corrected chi connectivity index (χ2v) is 5.13. The summed E-state index contributed by atoms with van der Waals surface area (Å²) in [5, 5.41) is 3.55. The van der Waals surface area contributed by atoms with Crippen LogP contribution in [0.5, 0.6) is 0 Å². The van der Waals surface area contributed by atoms with E-state index in [2.05, 4.69) is 57.4 Å². The second-order valence-electron chi connectivity index (χ2n) is 4.22. The van der Waals surface area contributed by atoms with E-state index in [4.69, 9.17) is 0 Å². The van der Waals surface area contributed by atoms with Crippen molar-refractivity contribution in [2.24, 2.45) is 0 Å². The molecule has 2 aromatic rings. The molecule has 18 heavy (non-hydrogen) atoms. The third kappa shape index (κ3) is 3.65. The molecule has 1 heterocycles. The summed E-state index contributed by atoms with van der Waals surface area (Å²) in [5.41, 5.74) is 2.38. The summed E-state index contributed by atoms with van der Waals surface area (Å²) >= 11 is 3.52. The Kier molecular flexibility index (Phi) is 4.90. The van der Waals surface area contributed by atoms with Gasteiger partial charge in [0.1, 0.15) is 0 Å². The Morgan fingerprint density at radius 1 is 1.22 bits per heavy atom. The number of pyridine rings is 1. The number of halogens is 1. The number of hydrogen-bond donors (Lipinski definition) is 1. The van der Waals surface area contributed by atoms with Gasteiger partial charge in [-0.05, 0) is 36.2 Å². The van der Waals surface area contributed by atoms with Crippen LogP contribution in [0.4, 0.5) is 0 Å². The first kappa shape index (κ1) is 13.2. The van der Waals surface area contributed by atoms with Crippen molar-refractivity contribution < 1.29 is 0 Å². The number of benzene rings is 1. The highest BCUT2D eigenvalue weighted by Gasteiger charge is 2.08. The molecule has 0 saturated heterocycles. The molecule has 1 aromatic carbocycles. The van der Waals surface area contributed by atoms with Crippen molar-refractivity contribution in [3.05, 3.63) is 64.4 Å². The fourth-order valence-electron chi connectivity index (χ4n) is 1.95. The monoisotopic (exact) mass is 304 g/mol. The molecule has 1 atom stereocenters. The Bertz CT molecular complexity index is 485. The Morgan fingerprint density at radius 3 is 2.78 bits per heavy atom. The minimum absolute atomic E-state index is 0.365. The van der Waals surface area contributed by atoms with Gasteiger partial charge in [0.05, 0.1) is 5.69 Å². The molecule has 1 N–H and O–H groups in total. The highest BCUT2D eigenvalue weighted by Crippen LogP contribution is 2.20. The van der Waals surface area contributed by atoms with Crippen molar-refractivity contribution in [3.63, 3.8) is 0 Å². The lowest BCUT2D eigenvalue weighted by Crippen LogP contribution is -2.20. The van der Waals surface area contributed by atoms with Crippen LogP contribution in [-0.4, -0.2) is 4.98 Å². The predicted octanol–water partition coefficient (Wildman–Crippen LogP) is 4.09. The lowest BCUT2D eigenvalue weighted by molar-refractivity contribution is 0.514. The Hall–Kier alpha value is -1.19. The van der Waals surface area contributed by atoms with E-state index in [9.17, 15) is 0 Å². The highest BCUT2D eigenvalue weighted by atomic mass is 79.9. The predicted molar refractivity (Wildman–Crippen MR) is 78.3 cm³/mol. The van der Waals surface area contributed by atoms with Gasteiger partial charge < -0.3 is 5.32 Å². The maximum Gasteiger partial charge on any atom is 0.0541 e. The first-order chi connectivity index (χ1) is 8.79. The summed E-state index contributed by atoms with van der Waals surface area (Å²) in [6.07, 6.45) is 2.89. The van der Waals surface area contributed by atoms with Crippen LogP contribution in [0, 0.1) is 0 Å². The third-order valence-electron chi connectivity index (χ3n) is 2.92. The van der Waals surface area contributed by atoms with Gasteiger partial charge in [0, 0.05) is 23.3 Å². The molecule has 1 unspecified atom stereocenters. The maximum atomic E-state index is 4.32. The minimum Gasteiger partial charge on any atom is -0.304 e. The highest BCUT2D eigenvalue weighted by molar-refractivity contribution is 9.10. The van der Waals surface area contributed by atoms with E-state index >= 15 is 0 Å². The van der Waals surface area contributed by atoms with Crippen molar-refractivity contribution in [1.29, 1.82) is 0 Å². The van der Waals surface area contributed by atoms with Crippen LogP contribution in [0.25, 0.3) is 0 Å². The molecule has 0 amide bonds. The van der Waals surface area contributed by atoms with Crippen molar-refractivity contribution in [1.82, 2.24) is 10.3 Å². The van der Waals surface area contributed by atoms with Gasteiger partial charge >= 0.3 is 0 Å². The van der Waals surface area contributed by atoms with Gasteiger partial charge in [-0.15, -0.1) is 0 Å². The summed E-state index contributed by atoms with van der Waals surface area (Å²) in [7, 11) is 0. The van der Waals surface area contributed by atoms with Gasteiger partial charge in [0.25, 0.3) is 0 Å². The molecule has 2 rings (SSSR count). The number of aromatic nitrogens is 1. The summed E-state index contributed by atoms with van der Waals surface area (Å²) in [5.74, 6) is 0. The minimum atomic E-state index is 0.365. The van der Waals surface area contributed by atoms with Gasteiger partial charge in [0.15, 0.2) is 0 Å². The molecule has 0 aliphatic carbocycles. The summed E-state index contributed by atoms with van der Waals surface area (Å²) < 4.78 is 1.12. The van der Waals surface area contributed by atoms with E-state index in [1.165, 1.54) is 5.56 Å². The smallest absolute Gasteiger partial charge is 0.0541 e. The number of nitrogens with one attached hydrogen (secondary N) is 1. The molecule has 0 bridgehead atoms. The zero-order valence-electron chi connectivity index (χ0n) is 10.4. The molecule has 0 aliphatic rings. The molecule has 2 nitrogen and oxygen atoms in total. The van der Waals surface area contributed by atoms with Gasteiger partial charge in [0.2, 0.25) is 0 Å². The van der Waals surface area contributed by atoms with Crippen molar-refractivity contribution >= 4 is 15.9 Å². The molecule has 3 heteroatoms. The van der Waals surface area contributed by atoms with Crippen LogP contribution in [0.15, 0.2) is 53.1 Å². The molecule has 0 saturated carbocycles. The summed E-state index contributed by atoms with van der Waals surface area (Å²) in [6, 6.07) is 14.8. The number of hydrogen-bond acceptors (Lipinski definition) is 2. The average molecular weight is 305 g/mol. The quantitative estimate of drug-likeness (QED) is 0.900. The van der Waals surface area contributed by atoms with Crippen LogP contribution in [0.2, 0.25) is 0 Å². The van der Waals surface area contributed by atoms with Crippen LogP contribution in [0.1, 0.15) is 30.6 Å². The van der Waals surface area contributed by atoms with Gasteiger partial charge in [-0.2, -0.15) is 0 Å².